The lowest BCUT2D eigenvalue weighted by Gasteiger charge is -2.08. The number of hydrogen-bond acceptors (Lipinski definition) is 1. The van der Waals surface area contributed by atoms with Crippen molar-refractivity contribution in [2.24, 2.45) is 5.92 Å². The fourth-order valence-corrected chi connectivity index (χ4v) is 2.82. The molecular formula is C13H17BrO. The third-order valence-electron chi connectivity index (χ3n) is 2.86. The molecule has 0 amide bonds. The molecule has 1 aliphatic rings. The second-order valence-electron chi connectivity index (χ2n) is 4.40. The summed E-state index contributed by atoms with van der Waals surface area (Å²) in [5.41, 5.74) is 2.94. The van der Waals surface area contributed by atoms with Gasteiger partial charge in [0, 0.05) is 4.47 Å². The summed E-state index contributed by atoms with van der Waals surface area (Å²) in [5.74, 6) is 1.79. The molecule has 0 saturated heterocycles. The van der Waals surface area contributed by atoms with Crippen LogP contribution in [0.5, 0.6) is 5.75 Å². The number of hydrogen-bond donors (Lipinski definition) is 0. The first-order valence-electron chi connectivity index (χ1n) is 5.64. The van der Waals surface area contributed by atoms with Gasteiger partial charge in [-0.15, -0.1) is 0 Å². The highest BCUT2D eigenvalue weighted by atomic mass is 79.9. The Morgan fingerprint density at radius 2 is 2.20 bits per heavy atom. The molecule has 1 unspecified atom stereocenters. The SMILES string of the molecule is CCCOc1cc(Br)c2c(c1)CC(C)C2. The van der Waals surface area contributed by atoms with Crippen LogP contribution in [0.2, 0.25) is 0 Å². The molecule has 0 fully saturated rings. The Kier molecular flexibility index (Phi) is 3.35. The van der Waals surface area contributed by atoms with E-state index in [0.717, 1.165) is 24.7 Å². The van der Waals surface area contributed by atoms with E-state index in [1.165, 1.54) is 28.4 Å². The van der Waals surface area contributed by atoms with Crippen molar-refractivity contribution in [1.29, 1.82) is 0 Å². The molecule has 0 aromatic heterocycles. The van der Waals surface area contributed by atoms with Gasteiger partial charge in [0.15, 0.2) is 0 Å². The molecule has 15 heavy (non-hydrogen) atoms. The van der Waals surface area contributed by atoms with E-state index in [1.807, 2.05) is 0 Å². The lowest BCUT2D eigenvalue weighted by Crippen LogP contribution is -1.96. The fraction of sp³-hybridized carbons (Fsp3) is 0.538. The van der Waals surface area contributed by atoms with Crippen LogP contribution in [0.3, 0.4) is 0 Å². The number of halogens is 1. The standard InChI is InChI=1S/C13H17BrO/c1-3-4-15-11-7-10-5-9(2)6-12(10)13(14)8-11/h7-9H,3-6H2,1-2H3. The molecule has 2 heteroatoms. The molecule has 1 aromatic carbocycles. The van der Waals surface area contributed by atoms with Gasteiger partial charge in [0.25, 0.3) is 0 Å². The van der Waals surface area contributed by atoms with E-state index in [-0.39, 0.29) is 0 Å². The summed E-state index contributed by atoms with van der Waals surface area (Å²) in [6.07, 6.45) is 3.45. The Labute approximate surface area is 100.0 Å². The van der Waals surface area contributed by atoms with Gasteiger partial charge in [-0.1, -0.05) is 29.8 Å². The van der Waals surface area contributed by atoms with Crippen molar-refractivity contribution >= 4 is 15.9 Å². The first-order valence-corrected chi connectivity index (χ1v) is 6.44. The molecule has 1 aromatic rings. The van der Waals surface area contributed by atoms with Gasteiger partial charge >= 0.3 is 0 Å². The van der Waals surface area contributed by atoms with Gasteiger partial charge in [-0.25, -0.2) is 0 Å². The molecule has 0 N–H and O–H groups in total. The van der Waals surface area contributed by atoms with Crippen LogP contribution in [-0.4, -0.2) is 6.61 Å². The highest BCUT2D eigenvalue weighted by Gasteiger charge is 2.20. The Morgan fingerprint density at radius 1 is 1.40 bits per heavy atom. The summed E-state index contributed by atoms with van der Waals surface area (Å²) in [7, 11) is 0. The van der Waals surface area contributed by atoms with E-state index in [1.54, 1.807) is 0 Å². The minimum Gasteiger partial charge on any atom is -0.494 e. The van der Waals surface area contributed by atoms with Crippen molar-refractivity contribution in [2.75, 3.05) is 6.61 Å². The molecule has 2 rings (SSSR count). The molecule has 0 radical (unpaired) electrons. The van der Waals surface area contributed by atoms with Gasteiger partial charge in [-0.05, 0) is 48.4 Å². The summed E-state index contributed by atoms with van der Waals surface area (Å²) < 4.78 is 6.88. The van der Waals surface area contributed by atoms with Crippen LogP contribution in [0.1, 0.15) is 31.4 Å². The van der Waals surface area contributed by atoms with Crippen LogP contribution in [0.15, 0.2) is 16.6 Å². The van der Waals surface area contributed by atoms with Crippen LogP contribution in [0.25, 0.3) is 0 Å². The van der Waals surface area contributed by atoms with Gasteiger partial charge in [0.2, 0.25) is 0 Å². The summed E-state index contributed by atoms with van der Waals surface area (Å²) in [5, 5.41) is 0. The quantitative estimate of drug-likeness (QED) is 0.806. The maximum Gasteiger partial charge on any atom is 0.120 e. The third-order valence-corrected chi connectivity index (χ3v) is 3.56. The first kappa shape index (κ1) is 11.0. The minimum absolute atomic E-state index is 0.776. The van der Waals surface area contributed by atoms with E-state index in [9.17, 15) is 0 Å². The largest absolute Gasteiger partial charge is 0.494 e. The van der Waals surface area contributed by atoms with Gasteiger partial charge in [0.1, 0.15) is 5.75 Å². The number of benzene rings is 1. The van der Waals surface area contributed by atoms with Crippen molar-refractivity contribution < 1.29 is 4.74 Å². The third kappa shape index (κ3) is 2.36. The Hall–Kier alpha value is -0.500. The molecule has 0 heterocycles. The maximum absolute atomic E-state index is 5.67. The van der Waals surface area contributed by atoms with Crippen molar-refractivity contribution in [3.63, 3.8) is 0 Å². The zero-order valence-electron chi connectivity index (χ0n) is 9.35. The molecule has 1 atom stereocenters. The van der Waals surface area contributed by atoms with Crippen molar-refractivity contribution in [2.45, 2.75) is 33.1 Å². The second-order valence-corrected chi connectivity index (χ2v) is 5.26. The smallest absolute Gasteiger partial charge is 0.120 e. The van der Waals surface area contributed by atoms with Crippen LogP contribution in [0, 0.1) is 5.92 Å². The van der Waals surface area contributed by atoms with Crippen LogP contribution in [0.4, 0.5) is 0 Å². The van der Waals surface area contributed by atoms with Gasteiger partial charge in [-0.3, -0.25) is 0 Å². The molecule has 1 nitrogen and oxygen atoms in total. The monoisotopic (exact) mass is 268 g/mol. The minimum atomic E-state index is 0.776. The predicted molar refractivity (Wildman–Crippen MR) is 66.5 cm³/mol. The zero-order chi connectivity index (χ0) is 10.8. The maximum atomic E-state index is 5.67. The zero-order valence-corrected chi connectivity index (χ0v) is 10.9. The van der Waals surface area contributed by atoms with Gasteiger partial charge < -0.3 is 4.74 Å². The Bertz CT molecular complexity index is 360. The van der Waals surface area contributed by atoms with Gasteiger partial charge in [-0.2, -0.15) is 0 Å². The molecule has 0 aliphatic heterocycles. The second kappa shape index (κ2) is 4.56. The van der Waals surface area contributed by atoms with E-state index in [0.29, 0.717) is 0 Å². The number of ether oxygens (including phenoxy) is 1. The Balaban J connectivity index is 2.23. The lowest BCUT2D eigenvalue weighted by atomic mass is 10.1. The first-order chi connectivity index (χ1) is 7.20. The topological polar surface area (TPSA) is 9.23 Å². The average molecular weight is 269 g/mol. The average Bonchev–Trinajstić information content (AvgIpc) is 2.56. The molecule has 1 aliphatic carbocycles. The summed E-state index contributed by atoms with van der Waals surface area (Å²) in [4.78, 5) is 0. The fourth-order valence-electron chi connectivity index (χ4n) is 2.18. The van der Waals surface area contributed by atoms with E-state index in [4.69, 9.17) is 4.74 Å². The molecule has 0 spiro atoms. The highest BCUT2D eigenvalue weighted by Crippen LogP contribution is 2.35. The Morgan fingerprint density at radius 3 is 2.93 bits per heavy atom. The summed E-state index contributed by atoms with van der Waals surface area (Å²) in [6.45, 7) is 5.24. The van der Waals surface area contributed by atoms with E-state index < -0.39 is 0 Å². The normalized spacial score (nSPS) is 19.0. The molecule has 82 valence electrons. The molecule has 0 saturated carbocycles. The number of fused-ring (bicyclic) bond motifs is 1. The molecular weight excluding hydrogens is 252 g/mol. The molecule has 0 bridgehead atoms. The van der Waals surface area contributed by atoms with Crippen LogP contribution < -0.4 is 4.74 Å². The number of rotatable bonds is 3. The lowest BCUT2D eigenvalue weighted by molar-refractivity contribution is 0.317. The predicted octanol–water partition coefficient (Wildman–Crippen LogP) is 3.97. The van der Waals surface area contributed by atoms with Gasteiger partial charge in [0.05, 0.1) is 6.61 Å². The summed E-state index contributed by atoms with van der Waals surface area (Å²) >= 11 is 3.64. The highest BCUT2D eigenvalue weighted by molar-refractivity contribution is 9.10. The van der Waals surface area contributed by atoms with Crippen molar-refractivity contribution in [1.82, 2.24) is 0 Å². The van der Waals surface area contributed by atoms with Crippen LogP contribution in [-0.2, 0) is 12.8 Å². The van der Waals surface area contributed by atoms with Crippen LogP contribution >= 0.6 is 15.9 Å². The van der Waals surface area contributed by atoms with E-state index >= 15 is 0 Å². The summed E-state index contributed by atoms with van der Waals surface area (Å²) in [6, 6.07) is 4.31. The van der Waals surface area contributed by atoms with Crippen molar-refractivity contribution in [3.8, 4) is 5.75 Å². The van der Waals surface area contributed by atoms with E-state index in [2.05, 4.69) is 41.9 Å². The van der Waals surface area contributed by atoms with Crippen molar-refractivity contribution in [3.05, 3.63) is 27.7 Å².